The number of hydrogen-bond acceptors (Lipinski definition) is 7. The van der Waals surface area contributed by atoms with Crippen LogP contribution in [0, 0.1) is 11.7 Å². The normalized spacial score (nSPS) is 22.1. The maximum atomic E-state index is 13.4. The van der Waals surface area contributed by atoms with Gasteiger partial charge in [-0.15, -0.1) is 0 Å². The molecule has 198 valence electrons. The number of benzene rings is 1. The number of rotatable bonds is 10. The Morgan fingerprint density at radius 2 is 1.74 bits per heavy atom. The molecule has 1 fully saturated rings. The van der Waals surface area contributed by atoms with Crippen molar-refractivity contribution in [2.24, 2.45) is 5.92 Å². The second-order valence-electron chi connectivity index (χ2n) is 10.9. The van der Waals surface area contributed by atoms with Crippen molar-refractivity contribution in [1.82, 2.24) is 4.90 Å². The van der Waals surface area contributed by atoms with Gasteiger partial charge in [-0.1, -0.05) is 26.0 Å². The Kier molecular flexibility index (Phi) is 9.81. The lowest BCUT2D eigenvalue weighted by atomic mass is 9.98. The number of esters is 1. The highest BCUT2D eigenvalue weighted by Gasteiger charge is 2.39. The third kappa shape index (κ3) is 9.14. The SMILES string of the molecule is CC(C)C(C(=O)O)N(CC[C@@H]1C[C@H](CC(=O)OC(C)(C)C)OC(C)(C)O1)C(O)c1ccc(F)cc1. The average molecular weight is 498 g/mol. The summed E-state index contributed by atoms with van der Waals surface area (Å²) in [5.41, 5.74) is -0.203. The van der Waals surface area contributed by atoms with Gasteiger partial charge in [0, 0.05) is 13.0 Å². The van der Waals surface area contributed by atoms with Crippen molar-refractivity contribution in [2.75, 3.05) is 6.54 Å². The van der Waals surface area contributed by atoms with Crippen molar-refractivity contribution >= 4 is 11.9 Å². The van der Waals surface area contributed by atoms with Crippen LogP contribution >= 0.6 is 0 Å². The van der Waals surface area contributed by atoms with Gasteiger partial charge in [-0.25, -0.2) is 4.39 Å². The molecule has 9 heteroatoms. The third-order valence-electron chi connectivity index (χ3n) is 5.67. The van der Waals surface area contributed by atoms with E-state index in [1.54, 1.807) is 48.5 Å². The van der Waals surface area contributed by atoms with Crippen LogP contribution in [-0.2, 0) is 23.8 Å². The van der Waals surface area contributed by atoms with Crippen molar-refractivity contribution in [2.45, 2.75) is 104 Å². The maximum absolute atomic E-state index is 13.4. The molecule has 1 heterocycles. The second-order valence-corrected chi connectivity index (χ2v) is 10.9. The maximum Gasteiger partial charge on any atom is 0.321 e. The highest BCUT2D eigenvalue weighted by Crippen LogP contribution is 2.32. The number of aliphatic carboxylic acids is 1. The average Bonchev–Trinajstić information content (AvgIpc) is 2.67. The summed E-state index contributed by atoms with van der Waals surface area (Å²) >= 11 is 0. The molecule has 2 rings (SSSR count). The molecule has 1 aliphatic heterocycles. The van der Waals surface area contributed by atoms with E-state index in [0.29, 0.717) is 18.4 Å². The van der Waals surface area contributed by atoms with Crippen LogP contribution in [0.4, 0.5) is 4.39 Å². The van der Waals surface area contributed by atoms with Crippen LogP contribution in [0.1, 0.15) is 79.5 Å². The van der Waals surface area contributed by atoms with Crippen LogP contribution < -0.4 is 0 Å². The Hall–Kier alpha value is -2.07. The fraction of sp³-hybridized carbons (Fsp3) is 0.692. The molecule has 0 amide bonds. The van der Waals surface area contributed by atoms with E-state index in [1.165, 1.54) is 29.2 Å². The van der Waals surface area contributed by atoms with Gasteiger partial charge in [0.2, 0.25) is 0 Å². The predicted octanol–water partition coefficient (Wildman–Crippen LogP) is 4.26. The Bertz CT molecular complexity index is 850. The lowest BCUT2D eigenvalue weighted by Gasteiger charge is -2.42. The minimum atomic E-state index is -1.25. The molecule has 2 unspecified atom stereocenters. The van der Waals surface area contributed by atoms with Crippen molar-refractivity contribution in [3.8, 4) is 0 Å². The zero-order valence-electron chi connectivity index (χ0n) is 21.8. The Labute approximate surface area is 207 Å². The third-order valence-corrected chi connectivity index (χ3v) is 5.67. The standard InChI is InChI=1S/C26H40FNO7/c1-16(2)22(24(31)32)28(23(30)17-8-10-18(27)11-9-17)13-12-19-14-20(34-26(6,7)33-19)15-21(29)35-25(3,4)5/h8-11,16,19-20,22-23,30H,12-15H2,1-7H3,(H,31,32)/t19-,20-,22?,23?/m1/s1. The summed E-state index contributed by atoms with van der Waals surface area (Å²) in [6.07, 6.45) is -1.11. The minimum absolute atomic E-state index is 0.0756. The lowest BCUT2D eigenvalue weighted by molar-refractivity contribution is -0.301. The number of carbonyl (C=O) groups is 2. The summed E-state index contributed by atoms with van der Waals surface area (Å²) in [7, 11) is 0. The highest BCUT2D eigenvalue weighted by atomic mass is 19.1. The van der Waals surface area contributed by atoms with E-state index in [9.17, 15) is 24.2 Å². The van der Waals surface area contributed by atoms with Gasteiger partial charge in [0.25, 0.3) is 0 Å². The smallest absolute Gasteiger partial charge is 0.321 e. The number of aliphatic hydroxyl groups is 1. The summed E-state index contributed by atoms with van der Waals surface area (Å²) in [5.74, 6) is -3.11. The van der Waals surface area contributed by atoms with Crippen LogP contribution in [0.2, 0.25) is 0 Å². The van der Waals surface area contributed by atoms with Crippen LogP contribution in [0.15, 0.2) is 24.3 Å². The van der Waals surface area contributed by atoms with Gasteiger partial charge in [0.05, 0.1) is 18.6 Å². The van der Waals surface area contributed by atoms with Crippen LogP contribution in [0.3, 0.4) is 0 Å². The molecule has 0 radical (unpaired) electrons. The topological polar surface area (TPSA) is 106 Å². The number of carboxylic acid groups (broad SMARTS) is 1. The van der Waals surface area contributed by atoms with E-state index >= 15 is 0 Å². The first-order valence-electron chi connectivity index (χ1n) is 12.1. The number of hydrogen-bond donors (Lipinski definition) is 2. The van der Waals surface area contributed by atoms with Crippen molar-refractivity contribution in [1.29, 1.82) is 0 Å². The van der Waals surface area contributed by atoms with E-state index in [4.69, 9.17) is 14.2 Å². The molecule has 0 bridgehead atoms. The fourth-order valence-corrected chi connectivity index (χ4v) is 4.43. The second kappa shape index (κ2) is 11.8. The van der Waals surface area contributed by atoms with Crippen LogP contribution in [-0.4, -0.2) is 63.2 Å². The number of halogens is 1. The molecule has 1 saturated heterocycles. The molecule has 0 aromatic heterocycles. The van der Waals surface area contributed by atoms with Crippen LogP contribution in [0.5, 0.6) is 0 Å². The van der Waals surface area contributed by atoms with Crippen molar-refractivity contribution < 1.29 is 38.4 Å². The molecule has 1 aromatic rings. The van der Waals surface area contributed by atoms with Crippen molar-refractivity contribution in [3.05, 3.63) is 35.6 Å². The van der Waals surface area contributed by atoms with Gasteiger partial charge in [-0.2, -0.15) is 0 Å². The zero-order valence-corrected chi connectivity index (χ0v) is 21.8. The van der Waals surface area contributed by atoms with Gasteiger partial charge < -0.3 is 24.4 Å². The Morgan fingerprint density at radius 3 is 2.26 bits per heavy atom. The summed E-state index contributed by atoms with van der Waals surface area (Å²) in [5, 5.41) is 21.0. The predicted molar refractivity (Wildman–Crippen MR) is 128 cm³/mol. The molecular formula is C26H40FNO7. The minimum Gasteiger partial charge on any atom is -0.480 e. The highest BCUT2D eigenvalue weighted by molar-refractivity contribution is 5.73. The molecule has 0 aliphatic carbocycles. The van der Waals surface area contributed by atoms with E-state index in [1.807, 2.05) is 0 Å². The van der Waals surface area contributed by atoms with Crippen molar-refractivity contribution in [3.63, 3.8) is 0 Å². The number of ether oxygens (including phenoxy) is 3. The van der Waals surface area contributed by atoms with Gasteiger partial charge >= 0.3 is 11.9 Å². The van der Waals surface area contributed by atoms with E-state index < -0.39 is 41.5 Å². The molecular weight excluding hydrogens is 457 g/mol. The number of nitrogens with zero attached hydrogens (tertiary/aromatic N) is 1. The van der Waals surface area contributed by atoms with E-state index in [-0.39, 0.29) is 31.0 Å². The number of carbonyl (C=O) groups excluding carboxylic acids is 1. The zero-order chi connectivity index (χ0) is 26.6. The van der Waals surface area contributed by atoms with Gasteiger partial charge in [0.15, 0.2) is 5.79 Å². The first-order valence-corrected chi connectivity index (χ1v) is 12.1. The Balaban J connectivity index is 2.17. The van der Waals surface area contributed by atoms with Crippen LogP contribution in [0.25, 0.3) is 0 Å². The molecule has 1 aliphatic rings. The quantitative estimate of drug-likeness (QED) is 0.365. The lowest BCUT2D eigenvalue weighted by Crippen LogP contribution is -2.50. The summed E-state index contributed by atoms with van der Waals surface area (Å²) < 4.78 is 30.8. The summed E-state index contributed by atoms with van der Waals surface area (Å²) in [6.45, 7) is 12.7. The first kappa shape index (κ1) is 29.2. The molecule has 0 saturated carbocycles. The fourth-order valence-electron chi connectivity index (χ4n) is 4.43. The molecule has 8 nitrogen and oxygen atoms in total. The van der Waals surface area contributed by atoms with Gasteiger partial charge in [0.1, 0.15) is 23.7 Å². The van der Waals surface area contributed by atoms with Gasteiger partial charge in [-0.3, -0.25) is 14.5 Å². The Morgan fingerprint density at radius 1 is 1.17 bits per heavy atom. The number of aliphatic hydroxyl groups excluding tert-OH is 1. The number of carboxylic acids is 1. The molecule has 35 heavy (non-hydrogen) atoms. The monoisotopic (exact) mass is 497 g/mol. The molecule has 4 atom stereocenters. The molecule has 1 aromatic carbocycles. The van der Waals surface area contributed by atoms with Gasteiger partial charge in [-0.05, 0) is 64.7 Å². The molecule has 2 N–H and O–H groups in total. The summed E-state index contributed by atoms with van der Waals surface area (Å²) in [6, 6.07) is 4.37. The first-order chi connectivity index (χ1) is 16.1. The van der Waals surface area contributed by atoms with E-state index in [0.717, 1.165) is 0 Å². The largest absolute Gasteiger partial charge is 0.480 e. The van der Waals surface area contributed by atoms with E-state index in [2.05, 4.69) is 0 Å². The summed E-state index contributed by atoms with van der Waals surface area (Å²) in [4.78, 5) is 25.9. The molecule has 0 spiro atoms.